The smallest absolute Gasteiger partial charge is 0.246 e. The number of hydrogen-bond donors (Lipinski definition) is 5. The van der Waals surface area contributed by atoms with Gasteiger partial charge in [0.2, 0.25) is 17.7 Å². The van der Waals surface area contributed by atoms with Gasteiger partial charge in [-0.1, -0.05) is 57.2 Å². The fraction of sp³-hybridized carbons (Fsp3) is 0.444. The second kappa shape index (κ2) is 17.3. The predicted molar refractivity (Wildman–Crippen MR) is 233 cm³/mol. The molecule has 5 heterocycles. The van der Waals surface area contributed by atoms with E-state index in [1.165, 1.54) is 4.90 Å². The van der Waals surface area contributed by atoms with Crippen LogP contribution in [0.1, 0.15) is 70.2 Å². The van der Waals surface area contributed by atoms with Crippen LogP contribution in [0.25, 0.3) is 32.8 Å². The molecule has 1 saturated carbocycles. The molecule has 8 rings (SSSR count). The molecule has 1 aliphatic carbocycles. The van der Waals surface area contributed by atoms with E-state index < -0.39 is 23.6 Å². The highest BCUT2D eigenvalue weighted by atomic mass is 32.1. The van der Waals surface area contributed by atoms with Gasteiger partial charge in [0.1, 0.15) is 17.8 Å². The van der Waals surface area contributed by atoms with Gasteiger partial charge in [0, 0.05) is 67.4 Å². The van der Waals surface area contributed by atoms with Crippen LogP contribution in [0, 0.1) is 18.3 Å². The van der Waals surface area contributed by atoms with Gasteiger partial charge in [0.15, 0.2) is 5.82 Å². The molecule has 61 heavy (non-hydrogen) atoms. The zero-order valence-corrected chi connectivity index (χ0v) is 35.8. The maximum atomic E-state index is 14.2. The van der Waals surface area contributed by atoms with Crippen molar-refractivity contribution in [1.82, 2.24) is 45.4 Å². The van der Waals surface area contributed by atoms with Crippen molar-refractivity contribution in [3.63, 3.8) is 0 Å². The van der Waals surface area contributed by atoms with Gasteiger partial charge in [-0.15, -0.1) is 21.5 Å². The summed E-state index contributed by atoms with van der Waals surface area (Å²) in [5.41, 5.74) is 13.0. The molecule has 320 valence electrons. The number of β-amino-alcohol motifs (C(OH)–C–C–N with tert-alkyl or cyclic N) is 1. The number of aromatic nitrogens is 5. The number of phenols is 1. The van der Waals surface area contributed by atoms with Crippen LogP contribution in [0.2, 0.25) is 0 Å². The number of rotatable bonds is 11. The summed E-state index contributed by atoms with van der Waals surface area (Å²) >= 11 is 1.58. The summed E-state index contributed by atoms with van der Waals surface area (Å²) in [6.07, 6.45) is 6.28. The Kier molecular flexibility index (Phi) is 11.9. The quantitative estimate of drug-likeness (QED) is 0.120. The number of piperidine rings is 1. The van der Waals surface area contributed by atoms with E-state index in [1.807, 2.05) is 80.5 Å². The summed E-state index contributed by atoms with van der Waals surface area (Å²) in [6.45, 7) is 9.74. The molecule has 2 aliphatic heterocycles. The van der Waals surface area contributed by atoms with Crippen molar-refractivity contribution in [3.05, 3.63) is 83.8 Å². The molecule has 3 atom stereocenters. The van der Waals surface area contributed by atoms with E-state index in [1.54, 1.807) is 35.7 Å². The number of anilines is 1. The van der Waals surface area contributed by atoms with E-state index in [0.29, 0.717) is 29.7 Å². The van der Waals surface area contributed by atoms with E-state index >= 15 is 0 Å². The Balaban J connectivity index is 0.826. The second-order valence-corrected chi connectivity index (χ2v) is 18.6. The first-order valence-electron chi connectivity index (χ1n) is 21.0. The number of nitrogens with zero attached hydrogens (tertiary/aromatic N) is 7. The zero-order chi connectivity index (χ0) is 43.0. The number of para-hydroxylation sites is 1. The number of nitrogens with one attached hydrogen (secondary N) is 2. The first-order chi connectivity index (χ1) is 29.2. The minimum Gasteiger partial charge on any atom is -0.507 e. The summed E-state index contributed by atoms with van der Waals surface area (Å²) in [4.78, 5) is 50.8. The van der Waals surface area contributed by atoms with Crippen LogP contribution in [-0.4, -0.2) is 107 Å². The van der Waals surface area contributed by atoms with Crippen LogP contribution in [-0.2, 0) is 20.9 Å². The lowest BCUT2D eigenvalue weighted by molar-refractivity contribution is -0.145. The number of aliphatic hydroxyl groups excluding tert-OH is 1. The third kappa shape index (κ3) is 9.02. The number of thiazole rings is 1. The number of carbonyl (C=O) groups is 3. The van der Waals surface area contributed by atoms with Crippen LogP contribution in [0.5, 0.6) is 5.75 Å². The highest BCUT2D eigenvalue weighted by Crippen LogP contribution is 2.37. The molecule has 0 unspecified atom stereocenters. The Hall–Kier alpha value is -5.71. The van der Waals surface area contributed by atoms with Crippen molar-refractivity contribution >= 4 is 34.9 Å². The highest BCUT2D eigenvalue weighted by Gasteiger charge is 2.46. The highest BCUT2D eigenvalue weighted by molar-refractivity contribution is 7.13. The summed E-state index contributed by atoms with van der Waals surface area (Å²) in [5, 5.41) is 40.1. The van der Waals surface area contributed by atoms with Gasteiger partial charge < -0.3 is 36.4 Å². The predicted octanol–water partition coefficient (Wildman–Crippen LogP) is 4.95. The Morgan fingerprint density at radius 3 is 2.38 bits per heavy atom. The first-order valence-corrected chi connectivity index (χ1v) is 21.9. The number of aryl methyl sites for hydroxylation is 1. The van der Waals surface area contributed by atoms with E-state index in [9.17, 15) is 24.6 Å². The summed E-state index contributed by atoms with van der Waals surface area (Å²) < 4.78 is 1.99. The molecule has 0 spiro atoms. The monoisotopic (exact) mass is 846 g/mol. The number of likely N-dealkylation sites (tertiary alicyclic amines) is 2. The zero-order valence-electron chi connectivity index (χ0n) is 35.0. The summed E-state index contributed by atoms with van der Waals surface area (Å²) in [6, 6.07) is 15.5. The Bertz CT molecular complexity index is 2380. The van der Waals surface area contributed by atoms with E-state index in [-0.39, 0.29) is 66.8 Å². The number of hydrogen-bond acceptors (Lipinski definition) is 12. The molecule has 16 heteroatoms. The largest absolute Gasteiger partial charge is 0.507 e. The average Bonchev–Trinajstić information content (AvgIpc) is 3.99. The average molecular weight is 847 g/mol. The summed E-state index contributed by atoms with van der Waals surface area (Å²) in [5.74, 6) is -0.665. The number of nitrogens with two attached hydrogens (primary N) is 1. The topological polar surface area (TPSA) is 205 Å². The number of benzene rings is 2. The number of aromatic hydroxyl groups is 1. The number of carbonyl (C=O) groups excluding carboxylic acids is 3. The molecule has 3 aromatic heterocycles. The third-order valence-corrected chi connectivity index (χ3v) is 13.5. The lowest BCUT2D eigenvalue weighted by atomic mass is 9.77. The summed E-state index contributed by atoms with van der Waals surface area (Å²) in [7, 11) is 0. The van der Waals surface area contributed by atoms with Crippen molar-refractivity contribution in [2.75, 3.05) is 25.4 Å². The number of nitrogen functional groups attached to an aromatic ring is 1. The van der Waals surface area contributed by atoms with Crippen LogP contribution in [0.4, 0.5) is 5.82 Å². The number of aliphatic hydroxyl groups is 1. The molecular formula is C45H54N10O5S. The van der Waals surface area contributed by atoms with Crippen LogP contribution >= 0.6 is 11.3 Å². The lowest BCUT2D eigenvalue weighted by Crippen LogP contribution is -2.60. The third-order valence-electron chi connectivity index (χ3n) is 12.5. The fourth-order valence-corrected chi connectivity index (χ4v) is 9.60. The maximum Gasteiger partial charge on any atom is 0.246 e. The number of phenolic OH excluding ortho intramolecular Hbond substituents is 1. The second-order valence-electron chi connectivity index (χ2n) is 17.7. The normalized spacial score (nSPS) is 21.5. The maximum absolute atomic E-state index is 14.2. The van der Waals surface area contributed by atoms with Gasteiger partial charge in [-0.3, -0.25) is 19.1 Å². The van der Waals surface area contributed by atoms with Gasteiger partial charge >= 0.3 is 0 Å². The van der Waals surface area contributed by atoms with E-state index in [2.05, 4.69) is 35.8 Å². The molecule has 5 aromatic rings. The standard InChI is InChI=1S/C45H54N10O5S/c1-26-39(61-25-48-26)28-11-9-27(10-12-28)21-47-43(59)37-19-33(56)24-54(37)44(60)40(45(2,3)4)50-42(58)29-17-32(18-29)53-15-13-31(14-16-53)55-23-30(22-49-55)35-20-36(51-52-41(35)46)34-7-5-6-8-38(34)57/h5-12,20,22-23,25,29,31-33,37,40,56-57H,13-19,21,24H2,1-4H3,(H2,46,52)(H,47,59)(H,50,58)/t29-,32-,33-,37+,40-/m1/s1. The Morgan fingerprint density at radius 2 is 1.69 bits per heavy atom. The van der Waals surface area contributed by atoms with Crippen molar-refractivity contribution < 1.29 is 24.6 Å². The van der Waals surface area contributed by atoms with Gasteiger partial charge in [-0.05, 0) is 67.3 Å². The van der Waals surface area contributed by atoms with Crippen LogP contribution in [0.3, 0.4) is 0 Å². The van der Waals surface area contributed by atoms with Gasteiger partial charge in [-0.2, -0.15) is 5.10 Å². The molecule has 3 fully saturated rings. The van der Waals surface area contributed by atoms with Crippen LogP contribution in [0.15, 0.2) is 72.5 Å². The fourth-order valence-electron chi connectivity index (χ4n) is 8.79. The lowest BCUT2D eigenvalue weighted by Gasteiger charge is -2.45. The van der Waals surface area contributed by atoms with Crippen molar-refractivity contribution in [3.8, 4) is 38.6 Å². The van der Waals surface area contributed by atoms with E-state index in [0.717, 1.165) is 53.2 Å². The minimum atomic E-state index is -0.868. The van der Waals surface area contributed by atoms with Crippen LogP contribution < -0.4 is 16.4 Å². The molecule has 6 N–H and O–H groups in total. The molecule has 15 nitrogen and oxygen atoms in total. The Labute approximate surface area is 359 Å². The molecule has 2 aromatic carbocycles. The Morgan fingerprint density at radius 1 is 0.951 bits per heavy atom. The molecule has 0 bridgehead atoms. The van der Waals surface area contributed by atoms with Crippen molar-refractivity contribution in [2.45, 2.75) is 96.6 Å². The molecular weight excluding hydrogens is 793 g/mol. The first kappa shape index (κ1) is 42.0. The SMILES string of the molecule is Cc1ncsc1-c1ccc(CNC(=O)[C@@H]2C[C@@H](O)CN2C(=O)[C@@H](NC(=O)[C@H]2C[C@H](N3CCC(n4cc(-c5cc(-c6ccccc6O)nnc5N)cn4)CC3)C2)C(C)(C)C)cc1. The number of amides is 3. The van der Waals surface area contributed by atoms with E-state index in [4.69, 9.17) is 5.73 Å². The molecule has 3 amide bonds. The van der Waals surface area contributed by atoms with Crippen molar-refractivity contribution in [1.29, 1.82) is 0 Å². The van der Waals surface area contributed by atoms with Gasteiger partial charge in [-0.25, -0.2) is 4.98 Å². The van der Waals surface area contributed by atoms with Crippen molar-refractivity contribution in [2.24, 2.45) is 11.3 Å². The minimum absolute atomic E-state index is 0.0269. The molecule has 2 saturated heterocycles. The van der Waals surface area contributed by atoms with Gasteiger partial charge in [0.05, 0.1) is 40.1 Å². The molecule has 3 aliphatic rings. The van der Waals surface area contributed by atoms with Gasteiger partial charge in [0.25, 0.3) is 0 Å². The molecule has 0 radical (unpaired) electrons.